The Kier molecular flexibility index (Phi) is 5.51. The number of benzene rings is 1. The van der Waals surface area contributed by atoms with E-state index in [0.717, 1.165) is 44.2 Å². The lowest BCUT2D eigenvalue weighted by atomic mass is 9.81. The van der Waals surface area contributed by atoms with Gasteiger partial charge in [-0.05, 0) is 55.8 Å². The third-order valence-corrected chi connectivity index (χ3v) is 3.92. The van der Waals surface area contributed by atoms with Crippen molar-refractivity contribution in [1.29, 1.82) is 0 Å². The van der Waals surface area contributed by atoms with E-state index in [0.29, 0.717) is 12.0 Å². The molecular weight excluding hydrogens is 279 g/mol. The van der Waals surface area contributed by atoms with Gasteiger partial charge in [-0.1, -0.05) is 25.5 Å². The van der Waals surface area contributed by atoms with Crippen LogP contribution in [0.4, 0.5) is 13.2 Å². The van der Waals surface area contributed by atoms with E-state index >= 15 is 0 Å². The van der Waals surface area contributed by atoms with Gasteiger partial charge in [0.2, 0.25) is 0 Å². The van der Waals surface area contributed by atoms with Crippen LogP contribution in [0.1, 0.15) is 50.5 Å². The van der Waals surface area contributed by atoms with Crippen molar-refractivity contribution < 1.29 is 17.9 Å². The van der Waals surface area contributed by atoms with Crippen LogP contribution >= 0.6 is 0 Å². The molecule has 0 amide bonds. The summed E-state index contributed by atoms with van der Waals surface area (Å²) in [4.78, 5) is 0. The third kappa shape index (κ3) is 5.23. The van der Waals surface area contributed by atoms with E-state index in [9.17, 15) is 13.2 Å². The molecule has 21 heavy (non-hydrogen) atoms. The second-order valence-electron chi connectivity index (χ2n) is 5.63. The highest BCUT2D eigenvalue weighted by Crippen LogP contribution is 2.35. The molecule has 1 fully saturated rings. The largest absolute Gasteiger partial charge is 0.573 e. The Hall–Kier alpha value is -1.23. The Morgan fingerprint density at radius 1 is 1.29 bits per heavy atom. The fourth-order valence-corrected chi connectivity index (χ4v) is 2.99. The molecule has 0 bridgehead atoms. The van der Waals surface area contributed by atoms with Crippen LogP contribution in [0.25, 0.3) is 0 Å². The maximum Gasteiger partial charge on any atom is 0.573 e. The molecule has 118 valence electrons. The minimum Gasteiger partial charge on any atom is -0.406 e. The second kappa shape index (κ2) is 7.16. The summed E-state index contributed by atoms with van der Waals surface area (Å²) < 4.78 is 40.9. The van der Waals surface area contributed by atoms with Crippen molar-refractivity contribution in [3.8, 4) is 5.75 Å². The zero-order valence-corrected chi connectivity index (χ0v) is 12.2. The topological polar surface area (TPSA) is 21.3 Å². The molecule has 0 radical (unpaired) electrons. The first kappa shape index (κ1) is 16.1. The van der Waals surface area contributed by atoms with Crippen LogP contribution in [0.2, 0.25) is 0 Å². The maximum atomic E-state index is 12.3. The van der Waals surface area contributed by atoms with Crippen molar-refractivity contribution in [2.75, 3.05) is 6.54 Å². The molecule has 0 aliphatic heterocycles. The Morgan fingerprint density at radius 2 is 2.10 bits per heavy atom. The number of nitrogens with one attached hydrogen (secondary N) is 1. The van der Waals surface area contributed by atoms with Gasteiger partial charge in [0.1, 0.15) is 5.75 Å². The van der Waals surface area contributed by atoms with Crippen LogP contribution < -0.4 is 10.1 Å². The highest BCUT2D eigenvalue weighted by atomic mass is 19.4. The summed E-state index contributed by atoms with van der Waals surface area (Å²) in [6.45, 7) is 3.12. The summed E-state index contributed by atoms with van der Waals surface area (Å²) >= 11 is 0. The Bertz CT molecular complexity index is 447. The molecule has 2 rings (SSSR count). The minimum absolute atomic E-state index is 0.122. The Balaban J connectivity index is 2.02. The molecule has 1 aromatic rings. The normalized spacial score (nSPS) is 23.0. The quantitative estimate of drug-likeness (QED) is 0.857. The van der Waals surface area contributed by atoms with Crippen molar-refractivity contribution in [2.24, 2.45) is 0 Å². The highest BCUT2D eigenvalue weighted by Gasteiger charge is 2.31. The van der Waals surface area contributed by atoms with Crippen molar-refractivity contribution in [1.82, 2.24) is 5.32 Å². The predicted molar refractivity (Wildman–Crippen MR) is 76.4 cm³/mol. The Labute approximate surface area is 123 Å². The zero-order chi connectivity index (χ0) is 15.3. The molecular formula is C16H22F3NO. The zero-order valence-electron chi connectivity index (χ0n) is 12.2. The van der Waals surface area contributed by atoms with Gasteiger partial charge in [0.15, 0.2) is 0 Å². The van der Waals surface area contributed by atoms with Gasteiger partial charge in [0.05, 0.1) is 0 Å². The van der Waals surface area contributed by atoms with Gasteiger partial charge in [0.25, 0.3) is 0 Å². The van der Waals surface area contributed by atoms with E-state index in [-0.39, 0.29) is 5.75 Å². The Morgan fingerprint density at radius 3 is 2.81 bits per heavy atom. The van der Waals surface area contributed by atoms with Crippen molar-refractivity contribution >= 4 is 0 Å². The molecule has 2 unspecified atom stereocenters. The average Bonchev–Trinajstić information content (AvgIpc) is 2.44. The van der Waals surface area contributed by atoms with E-state index in [1.54, 1.807) is 6.07 Å². The highest BCUT2D eigenvalue weighted by molar-refractivity contribution is 5.31. The van der Waals surface area contributed by atoms with Crippen LogP contribution in [-0.2, 0) is 0 Å². The van der Waals surface area contributed by atoms with E-state index in [1.807, 2.05) is 6.07 Å². The molecule has 0 saturated heterocycles. The summed E-state index contributed by atoms with van der Waals surface area (Å²) in [7, 11) is 0. The van der Waals surface area contributed by atoms with Crippen molar-refractivity contribution in [3.05, 3.63) is 29.8 Å². The van der Waals surface area contributed by atoms with Gasteiger partial charge >= 0.3 is 6.36 Å². The molecule has 5 heteroatoms. The molecule has 2 atom stereocenters. The first-order chi connectivity index (χ1) is 9.98. The SMILES string of the molecule is CCCNC1CCCC(c2cccc(OC(F)(F)F)c2)C1. The van der Waals surface area contributed by atoms with E-state index in [4.69, 9.17) is 0 Å². The summed E-state index contributed by atoms with van der Waals surface area (Å²) in [5, 5.41) is 3.51. The summed E-state index contributed by atoms with van der Waals surface area (Å²) in [5.74, 6) is 0.188. The monoisotopic (exact) mass is 301 g/mol. The number of halogens is 3. The van der Waals surface area contributed by atoms with Gasteiger partial charge in [-0.15, -0.1) is 13.2 Å². The fourth-order valence-electron chi connectivity index (χ4n) is 2.99. The van der Waals surface area contributed by atoms with E-state index < -0.39 is 6.36 Å². The number of rotatable bonds is 5. The molecule has 1 aliphatic rings. The van der Waals surface area contributed by atoms with Gasteiger partial charge < -0.3 is 10.1 Å². The summed E-state index contributed by atoms with van der Waals surface area (Å²) in [5.41, 5.74) is 0.944. The number of alkyl halides is 3. The predicted octanol–water partition coefficient (Wildman–Crippen LogP) is 4.61. The van der Waals surface area contributed by atoms with Gasteiger partial charge in [-0.3, -0.25) is 0 Å². The third-order valence-electron chi connectivity index (χ3n) is 3.92. The van der Waals surface area contributed by atoms with Crippen molar-refractivity contribution in [3.63, 3.8) is 0 Å². The van der Waals surface area contributed by atoms with Crippen LogP contribution in [0.3, 0.4) is 0 Å². The molecule has 0 aromatic heterocycles. The molecule has 1 saturated carbocycles. The van der Waals surface area contributed by atoms with Crippen LogP contribution in [0.5, 0.6) is 5.75 Å². The molecule has 1 N–H and O–H groups in total. The summed E-state index contributed by atoms with van der Waals surface area (Å²) in [6, 6.07) is 6.89. The summed E-state index contributed by atoms with van der Waals surface area (Å²) in [6.07, 6.45) is 0.730. The lowest BCUT2D eigenvalue weighted by Crippen LogP contribution is -2.34. The number of ether oxygens (including phenoxy) is 1. The van der Waals surface area contributed by atoms with E-state index in [1.165, 1.54) is 12.1 Å². The first-order valence-corrected chi connectivity index (χ1v) is 7.57. The minimum atomic E-state index is -4.63. The standard InChI is InChI=1S/C16H22F3NO/c1-2-9-20-14-7-3-5-12(10-14)13-6-4-8-15(11-13)21-16(17,18)19/h4,6,8,11-12,14,20H,2-3,5,7,9-10H2,1H3. The molecule has 0 heterocycles. The fraction of sp³-hybridized carbons (Fsp3) is 0.625. The maximum absolute atomic E-state index is 12.3. The lowest BCUT2D eigenvalue weighted by Gasteiger charge is -2.30. The van der Waals surface area contributed by atoms with Crippen LogP contribution in [-0.4, -0.2) is 18.9 Å². The average molecular weight is 301 g/mol. The number of hydrogen-bond acceptors (Lipinski definition) is 2. The van der Waals surface area contributed by atoms with Gasteiger partial charge in [-0.25, -0.2) is 0 Å². The lowest BCUT2D eigenvalue weighted by molar-refractivity contribution is -0.274. The molecule has 0 spiro atoms. The smallest absolute Gasteiger partial charge is 0.406 e. The number of hydrogen-bond donors (Lipinski definition) is 1. The molecule has 1 aromatic carbocycles. The molecule has 2 nitrogen and oxygen atoms in total. The van der Waals surface area contributed by atoms with Crippen molar-refractivity contribution in [2.45, 2.75) is 57.3 Å². The molecule has 1 aliphatic carbocycles. The van der Waals surface area contributed by atoms with Crippen LogP contribution in [0, 0.1) is 0 Å². The first-order valence-electron chi connectivity index (χ1n) is 7.57. The van der Waals surface area contributed by atoms with Gasteiger partial charge in [0, 0.05) is 6.04 Å². The van der Waals surface area contributed by atoms with Gasteiger partial charge in [-0.2, -0.15) is 0 Å². The van der Waals surface area contributed by atoms with Crippen LogP contribution in [0.15, 0.2) is 24.3 Å². The second-order valence-corrected chi connectivity index (χ2v) is 5.63. The van der Waals surface area contributed by atoms with E-state index in [2.05, 4.69) is 17.0 Å².